The van der Waals surface area contributed by atoms with Gasteiger partial charge in [-0.2, -0.15) is 0 Å². The Bertz CT molecular complexity index is 275. The second kappa shape index (κ2) is 5.53. The molecular weight excluding hydrogens is 232 g/mol. The van der Waals surface area contributed by atoms with Gasteiger partial charge in [-0.3, -0.25) is 0 Å². The van der Waals surface area contributed by atoms with Gasteiger partial charge in [0.25, 0.3) is 0 Å². The maximum atomic E-state index is 11.5. The summed E-state index contributed by atoms with van der Waals surface area (Å²) in [5.74, 6) is 0.254. The van der Waals surface area contributed by atoms with Crippen molar-refractivity contribution in [2.75, 3.05) is 5.75 Å². The third-order valence-corrected chi connectivity index (χ3v) is 5.71. The fourth-order valence-corrected chi connectivity index (χ4v) is 2.33. The third-order valence-electron chi connectivity index (χ3n) is 2.54. The summed E-state index contributed by atoms with van der Waals surface area (Å²) in [4.78, 5) is 0. The number of sulfone groups is 1. The van der Waals surface area contributed by atoms with Crippen molar-refractivity contribution in [3.63, 3.8) is 0 Å². The van der Waals surface area contributed by atoms with Crippen molar-refractivity contribution in [3.8, 4) is 0 Å². The van der Waals surface area contributed by atoms with Crippen molar-refractivity contribution >= 4 is 21.4 Å². The molecule has 0 aliphatic carbocycles. The van der Waals surface area contributed by atoms with E-state index in [1.165, 1.54) is 0 Å². The highest BCUT2D eigenvalue weighted by atomic mass is 35.5. The molecule has 2 nitrogen and oxygen atoms in total. The molecule has 0 heterocycles. The van der Waals surface area contributed by atoms with Crippen molar-refractivity contribution in [2.45, 2.75) is 58.1 Å². The minimum Gasteiger partial charge on any atom is -0.229 e. The van der Waals surface area contributed by atoms with Gasteiger partial charge in [-0.25, -0.2) is 8.42 Å². The quantitative estimate of drug-likeness (QED) is 0.706. The SMILES string of the molecule is CC(C)S(=O)(=O)CCCC(Cl)C(C)(C)C. The summed E-state index contributed by atoms with van der Waals surface area (Å²) in [7, 11) is -2.90. The van der Waals surface area contributed by atoms with Gasteiger partial charge in [-0.05, 0) is 32.1 Å². The van der Waals surface area contributed by atoms with Crippen molar-refractivity contribution in [1.29, 1.82) is 0 Å². The van der Waals surface area contributed by atoms with Crippen LogP contribution in [0, 0.1) is 5.41 Å². The molecule has 1 unspecified atom stereocenters. The zero-order chi connectivity index (χ0) is 12.3. The number of rotatable bonds is 5. The summed E-state index contributed by atoms with van der Waals surface area (Å²) in [6, 6.07) is 0. The first-order valence-electron chi connectivity index (χ1n) is 5.43. The van der Waals surface area contributed by atoms with Crippen LogP contribution in [0.25, 0.3) is 0 Å². The molecule has 0 spiro atoms. The molecule has 0 aromatic carbocycles. The number of alkyl halides is 1. The highest BCUT2D eigenvalue weighted by Gasteiger charge is 2.23. The van der Waals surface area contributed by atoms with Crippen molar-refractivity contribution in [2.24, 2.45) is 5.41 Å². The molecule has 0 amide bonds. The van der Waals surface area contributed by atoms with Gasteiger partial charge < -0.3 is 0 Å². The third kappa shape index (κ3) is 5.76. The minimum atomic E-state index is -2.90. The molecule has 0 radical (unpaired) electrons. The molecule has 0 rings (SSSR count). The zero-order valence-electron chi connectivity index (χ0n) is 10.4. The molecule has 4 heteroatoms. The van der Waals surface area contributed by atoms with Crippen LogP contribution in [0.5, 0.6) is 0 Å². The van der Waals surface area contributed by atoms with Gasteiger partial charge in [0.2, 0.25) is 0 Å². The normalized spacial score (nSPS) is 15.7. The van der Waals surface area contributed by atoms with E-state index in [4.69, 9.17) is 11.6 Å². The average Bonchev–Trinajstić information content (AvgIpc) is 2.01. The van der Waals surface area contributed by atoms with Crippen LogP contribution in [-0.2, 0) is 9.84 Å². The summed E-state index contributed by atoms with van der Waals surface area (Å²) in [6.07, 6.45) is 1.42. The van der Waals surface area contributed by atoms with Crippen LogP contribution >= 0.6 is 11.6 Å². The largest absolute Gasteiger partial charge is 0.229 e. The summed E-state index contributed by atoms with van der Waals surface area (Å²) < 4.78 is 23.0. The molecule has 0 saturated heterocycles. The monoisotopic (exact) mass is 254 g/mol. The lowest BCUT2D eigenvalue weighted by atomic mass is 9.89. The molecule has 0 aromatic heterocycles. The number of halogens is 1. The zero-order valence-corrected chi connectivity index (χ0v) is 12.0. The molecule has 0 aliphatic heterocycles. The van der Waals surface area contributed by atoms with Crippen LogP contribution in [0.1, 0.15) is 47.5 Å². The predicted octanol–water partition coefficient (Wildman–Crippen LogP) is 3.24. The average molecular weight is 255 g/mol. The van der Waals surface area contributed by atoms with Crippen LogP contribution in [0.4, 0.5) is 0 Å². The van der Waals surface area contributed by atoms with E-state index in [-0.39, 0.29) is 21.8 Å². The first-order valence-corrected chi connectivity index (χ1v) is 7.58. The van der Waals surface area contributed by atoms with E-state index in [2.05, 4.69) is 20.8 Å². The van der Waals surface area contributed by atoms with Gasteiger partial charge >= 0.3 is 0 Å². The minimum absolute atomic E-state index is 0.0415. The highest BCUT2D eigenvalue weighted by Crippen LogP contribution is 2.28. The lowest BCUT2D eigenvalue weighted by Gasteiger charge is -2.25. The fourth-order valence-electron chi connectivity index (χ4n) is 1.13. The van der Waals surface area contributed by atoms with Crippen LogP contribution in [0.2, 0.25) is 0 Å². The van der Waals surface area contributed by atoms with E-state index in [0.717, 1.165) is 6.42 Å². The Hall–Kier alpha value is 0.240. The summed E-state index contributed by atoms with van der Waals surface area (Å²) >= 11 is 6.17. The lowest BCUT2D eigenvalue weighted by Crippen LogP contribution is -2.23. The fraction of sp³-hybridized carbons (Fsp3) is 1.00. The van der Waals surface area contributed by atoms with E-state index >= 15 is 0 Å². The number of hydrogen-bond acceptors (Lipinski definition) is 2. The van der Waals surface area contributed by atoms with Crippen molar-refractivity contribution < 1.29 is 8.42 Å². The van der Waals surface area contributed by atoms with Crippen LogP contribution < -0.4 is 0 Å². The summed E-state index contributed by atoms with van der Waals surface area (Å²) in [5, 5.41) is -0.235. The first-order chi connectivity index (χ1) is 6.57. The Morgan fingerprint density at radius 1 is 1.20 bits per heavy atom. The van der Waals surface area contributed by atoms with E-state index in [1.807, 2.05) is 0 Å². The molecule has 92 valence electrons. The Morgan fingerprint density at radius 2 is 1.67 bits per heavy atom. The molecule has 0 aliphatic rings. The summed E-state index contributed by atoms with van der Waals surface area (Å²) in [5.41, 5.74) is 0.0448. The standard InChI is InChI=1S/C11H23ClO2S/c1-9(2)15(13,14)8-6-7-10(12)11(3,4)5/h9-10H,6-8H2,1-5H3. The molecule has 0 N–H and O–H groups in total. The van der Waals surface area contributed by atoms with Gasteiger partial charge in [0.1, 0.15) is 0 Å². The number of hydrogen-bond donors (Lipinski definition) is 0. The predicted molar refractivity (Wildman–Crippen MR) is 67.3 cm³/mol. The van der Waals surface area contributed by atoms with Crippen LogP contribution in [0.3, 0.4) is 0 Å². The van der Waals surface area contributed by atoms with E-state index < -0.39 is 9.84 Å². The van der Waals surface area contributed by atoms with Gasteiger partial charge in [0.05, 0.1) is 11.0 Å². The molecular formula is C11H23ClO2S. The van der Waals surface area contributed by atoms with Gasteiger partial charge in [0.15, 0.2) is 9.84 Å². The molecule has 1 atom stereocenters. The van der Waals surface area contributed by atoms with E-state index in [1.54, 1.807) is 13.8 Å². The van der Waals surface area contributed by atoms with Crippen molar-refractivity contribution in [3.05, 3.63) is 0 Å². The molecule has 0 aromatic rings. The Kier molecular flexibility index (Phi) is 5.62. The maximum Gasteiger partial charge on any atom is 0.152 e. The molecule has 0 saturated carbocycles. The molecule has 0 bridgehead atoms. The van der Waals surface area contributed by atoms with Gasteiger partial charge in [-0.15, -0.1) is 11.6 Å². The first kappa shape index (κ1) is 15.2. The molecule has 0 fully saturated rings. The summed E-state index contributed by atoms with van der Waals surface area (Å²) in [6.45, 7) is 9.65. The van der Waals surface area contributed by atoms with Crippen LogP contribution in [-0.4, -0.2) is 24.8 Å². The lowest BCUT2D eigenvalue weighted by molar-refractivity contribution is 0.372. The van der Waals surface area contributed by atoms with Gasteiger partial charge in [-0.1, -0.05) is 20.8 Å². The van der Waals surface area contributed by atoms with Crippen molar-refractivity contribution in [1.82, 2.24) is 0 Å². The Morgan fingerprint density at radius 3 is 2.00 bits per heavy atom. The second-order valence-electron chi connectivity index (χ2n) is 5.39. The smallest absolute Gasteiger partial charge is 0.152 e. The second-order valence-corrected chi connectivity index (χ2v) is 8.60. The Balaban J connectivity index is 4.02. The van der Waals surface area contributed by atoms with E-state index in [9.17, 15) is 8.42 Å². The van der Waals surface area contributed by atoms with Gasteiger partial charge in [0, 0.05) is 5.38 Å². The highest BCUT2D eigenvalue weighted by molar-refractivity contribution is 7.91. The topological polar surface area (TPSA) is 34.1 Å². The maximum absolute atomic E-state index is 11.5. The van der Waals surface area contributed by atoms with E-state index in [0.29, 0.717) is 6.42 Å². The Labute approximate surface area is 99.3 Å². The van der Waals surface area contributed by atoms with Crippen LogP contribution in [0.15, 0.2) is 0 Å². The molecule has 15 heavy (non-hydrogen) atoms.